The number of nitrogen functional groups attached to an aromatic ring is 1. The molecule has 0 aliphatic carbocycles. The molecular weight excluding hydrogens is 284 g/mol. The van der Waals surface area contributed by atoms with E-state index in [1.165, 1.54) is 7.11 Å². The Bertz CT molecular complexity index is 417. The number of nitrogens with two attached hydrogens (primary N) is 1. The maximum Gasteiger partial charge on any atom is 0.256 e. The topological polar surface area (TPSA) is 64.3 Å². The summed E-state index contributed by atoms with van der Waals surface area (Å²) in [6, 6.07) is 5.28. The van der Waals surface area contributed by atoms with E-state index in [-0.39, 0.29) is 5.91 Å². The average molecular weight is 301 g/mol. The van der Waals surface area contributed by atoms with Gasteiger partial charge >= 0.3 is 0 Å². The highest BCUT2D eigenvalue weighted by atomic mass is 79.9. The van der Waals surface area contributed by atoms with Crippen molar-refractivity contribution in [3.8, 4) is 0 Å². The molecule has 1 aromatic rings. The summed E-state index contributed by atoms with van der Waals surface area (Å²) in [7, 11) is 1.53. The number of halogens is 1. The summed E-state index contributed by atoms with van der Waals surface area (Å²) >= 11 is 3.30. The third-order valence-electron chi connectivity index (χ3n) is 2.86. The van der Waals surface area contributed by atoms with Gasteiger partial charge in [-0.25, -0.2) is 0 Å². The monoisotopic (exact) mass is 300 g/mol. The van der Waals surface area contributed by atoms with Crippen LogP contribution in [-0.2, 0) is 9.53 Å². The minimum atomic E-state index is -0.818. The third-order valence-corrected chi connectivity index (χ3v) is 3.58. The van der Waals surface area contributed by atoms with Crippen LogP contribution in [0.2, 0.25) is 0 Å². The van der Waals surface area contributed by atoms with Crippen LogP contribution in [0.3, 0.4) is 0 Å². The van der Waals surface area contributed by atoms with Gasteiger partial charge < -0.3 is 15.8 Å². The molecule has 0 aliphatic rings. The molecule has 4 nitrogen and oxygen atoms in total. The molecule has 1 aromatic carbocycles. The predicted octanol–water partition coefficient (Wildman–Crippen LogP) is 2.78. The molecule has 0 aliphatic heterocycles. The molecule has 5 heteroatoms. The van der Waals surface area contributed by atoms with Crippen LogP contribution in [0.5, 0.6) is 0 Å². The second kappa shape index (κ2) is 5.51. The fourth-order valence-electron chi connectivity index (χ4n) is 1.28. The number of ether oxygens (including phenoxy) is 1. The molecule has 1 unspecified atom stereocenters. The van der Waals surface area contributed by atoms with Crippen LogP contribution in [0.25, 0.3) is 0 Å². The van der Waals surface area contributed by atoms with Crippen molar-refractivity contribution < 1.29 is 9.53 Å². The van der Waals surface area contributed by atoms with Crippen LogP contribution < -0.4 is 11.1 Å². The van der Waals surface area contributed by atoms with E-state index < -0.39 is 5.60 Å². The van der Waals surface area contributed by atoms with Crippen molar-refractivity contribution >= 4 is 33.2 Å². The minimum absolute atomic E-state index is 0.177. The molecule has 0 aromatic heterocycles. The number of anilines is 2. The molecule has 0 fully saturated rings. The Morgan fingerprint density at radius 1 is 1.59 bits per heavy atom. The summed E-state index contributed by atoms with van der Waals surface area (Å²) in [4.78, 5) is 12.0. The Labute approximate surface area is 110 Å². The molecule has 1 atom stereocenters. The third kappa shape index (κ3) is 3.20. The predicted molar refractivity (Wildman–Crippen MR) is 72.9 cm³/mol. The summed E-state index contributed by atoms with van der Waals surface area (Å²) in [6.07, 6.45) is 0.599. The number of methoxy groups -OCH3 is 1. The second-order valence-corrected chi connectivity index (χ2v) is 4.83. The largest absolute Gasteiger partial charge is 0.398 e. The maximum absolute atomic E-state index is 12.0. The van der Waals surface area contributed by atoms with E-state index in [0.717, 1.165) is 4.47 Å². The first-order valence-electron chi connectivity index (χ1n) is 5.34. The highest BCUT2D eigenvalue weighted by molar-refractivity contribution is 9.10. The molecule has 1 rings (SSSR count). The van der Waals surface area contributed by atoms with Gasteiger partial charge in [0.05, 0.1) is 0 Å². The Hall–Kier alpha value is -1.07. The van der Waals surface area contributed by atoms with Crippen LogP contribution in [0.4, 0.5) is 11.4 Å². The summed E-state index contributed by atoms with van der Waals surface area (Å²) in [6.45, 7) is 3.66. The van der Waals surface area contributed by atoms with Gasteiger partial charge in [-0.2, -0.15) is 0 Å². The average Bonchev–Trinajstić information content (AvgIpc) is 2.32. The van der Waals surface area contributed by atoms with E-state index in [9.17, 15) is 4.79 Å². The van der Waals surface area contributed by atoms with E-state index in [1.807, 2.05) is 6.92 Å². The fraction of sp³-hybridized carbons (Fsp3) is 0.417. The van der Waals surface area contributed by atoms with Gasteiger partial charge in [-0.1, -0.05) is 6.92 Å². The van der Waals surface area contributed by atoms with Gasteiger partial charge in [0.15, 0.2) is 0 Å². The Morgan fingerprint density at radius 3 is 2.71 bits per heavy atom. The minimum Gasteiger partial charge on any atom is -0.398 e. The summed E-state index contributed by atoms with van der Waals surface area (Å²) < 4.78 is 6.03. The van der Waals surface area contributed by atoms with Crippen LogP contribution in [0.15, 0.2) is 22.7 Å². The summed E-state index contributed by atoms with van der Waals surface area (Å²) in [5, 5.41) is 2.79. The van der Waals surface area contributed by atoms with Gasteiger partial charge in [-0.3, -0.25) is 4.79 Å². The zero-order valence-electron chi connectivity index (χ0n) is 10.2. The highest BCUT2D eigenvalue weighted by Crippen LogP contribution is 2.24. The van der Waals surface area contributed by atoms with Crippen LogP contribution in [-0.4, -0.2) is 18.6 Å². The van der Waals surface area contributed by atoms with Crippen molar-refractivity contribution in [1.82, 2.24) is 0 Å². The molecule has 3 N–H and O–H groups in total. The second-order valence-electron chi connectivity index (χ2n) is 3.98. The Balaban J connectivity index is 2.84. The lowest BCUT2D eigenvalue weighted by molar-refractivity contribution is -0.136. The lowest BCUT2D eigenvalue weighted by atomic mass is 10.0. The molecule has 0 radical (unpaired) electrons. The van der Waals surface area contributed by atoms with Crippen LogP contribution in [0, 0.1) is 0 Å². The van der Waals surface area contributed by atoms with Gasteiger partial charge in [0.2, 0.25) is 0 Å². The molecule has 0 spiro atoms. The quantitative estimate of drug-likeness (QED) is 0.841. The van der Waals surface area contributed by atoms with Gasteiger partial charge in [0, 0.05) is 23.0 Å². The first kappa shape index (κ1) is 14.0. The molecule has 0 saturated heterocycles. The molecule has 94 valence electrons. The number of carbonyl (C=O) groups is 1. The van der Waals surface area contributed by atoms with Crippen molar-refractivity contribution in [2.45, 2.75) is 25.9 Å². The van der Waals surface area contributed by atoms with E-state index >= 15 is 0 Å². The Morgan fingerprint density at radius 2 is 2.24 bits per heavy atom. The SMILES string of the molecule is CCC(C)(OC)C(=O)Nc1ccc(Br)c(N)c1. The van der Waals surface area contributed by atoms with Crippen LogP contribution >= 0.6 is 15.9 Å². The Kier molecular flexibility index (Phi) is 4.54. The van der Waals surface area contributed by atoms with Crippen molar-refractivity contribution in [1.29, 1.82) is 0 Å². The number of hydrogen-bond acceptors (Lipinski definition) is 3. The molecule has 0 bridgehead atoms. The normalized spacial score (nSPS) is 14.1. The number of benzene rings is 1. The standard InChI is InChI=1S/C12H17BrN2O2/c1-4-12(2,17-3)11(16)15-8-5-6-9(13)10(14)7-8/h5-7H,4,14H2,1-3H3,(H,15,16). The molecule has 1 amide bonds. The zero-order chi connectivity index (χ0) is 13.1. The van der Waals surface area contributed by atoms with Gasteiger partial charge in [-0.05, 0) is 47.5 Å². The number of rotatable bonds is 4. The smallest absolute Gasteiger partial charge is 0.256 e. The number of nitrogens with one attached hydrogen (secondary N) is 1. The van der Waals surface area contributed by atoms with Crippen molar-refractivity contribution in [3.05, 3.63) is 22.7 Å². The molecule has 0 saturated carbocycles. The van der Waals surface area contributed by atoms with Crippen molar-refractivity contribution in [2.24, 2.45) is 0 Å². The first-order chi connectivity index (χ1) is 7.92. The van der Waals surface area contributed by atoms with E-state index in [0.29, 0.717) is 17.8 Å². The van der Waals surface area contributed by atoms with E-state index in [2.05, 4.69) is 21.2 Å². The van der Waals surface area contributed by atoms with Crippen LogP contribution in [0.1, 0.15) is 20.3 Å². The molecular formula is C12H17BrN2O2. The van der Waals surface area contributed by atoms with Crippen molar-refractivity contribution in [3.63, 3.8) is 0 Å². The first-order valence-corrected chi connectivity index (χ1v) is 6.14. The number of carbonyl (C=O) groups excluding carboxylic acids is 1. The molecule has 17 heavy (non-hydrogen) atoms. The number of amides is 1. The lowest BCUT2D eigenvalue weighted by Crippen LogP contribution is -2.41. The molecule has 0 heterocycles. The highest BCUT2D eigenvalue weighted by Gasteiger charge is 2.30. The lowest BCUT2D eigenvalue weighted by Gasteiger charge is -2.25. The number of hydrogen-bond donors (Lipinski definition) is 2. The van der Waals surface area contributed by atoms with Crippen molar-refractivity contribution in [2.75, 3.05) is 18.2 Å². The maximum atomic E-state index is 12.0. The van der Waals surface area contributed by atoms with E-state index in [1.54, 1.807) is 25.1 Å². The van der Waals surface area contributed by atoms with Gasteiger partial charge in [0.1, 0.15) is 5.60 Å². The summed E-state index contributed by atoms with van der Waals surface area (Å²) in [5.74, 6) is -0.177. The zero-order valence-corrected chi connectivity index (χ0v) is 11.8. The van der Waals surface area contributed by atoms with Gasteiger partial charge in [-0.15, -0.1) is 0 Å². The fourth-order valence-corrected chi connectivity index (χ4v) is 1.53. The van der Waals surface area contributed by atoms with Gasteiger partial charge in [0.25, 0.3) is 5.91 Å². The van der Waals surface area contributed by atoms with E-state index in [4.69, 9.17) is 10.5 Å². The summed E-state index contributed by atoms with van der Waals surface area (Å²) in [5.41, 5.74) is 6.16.